The molecule has 0 saturated heterocycles. The highest BCUT2D eigenvalue weighted by atomic mass is 15.0. The number of anilines is 1. The van der Waals surface area contributed by atoms with Gasteiger partial charge < -0.3 is 5.32 Å². The van der Waals surface area contributed by atoms with Gasteiger partial charge in [-0.25, -0.2) is 4.98 Å². The summed E-state index contributed by atoms with van der Waals surface area (Å²) in [5.41, 5.74) is 1.70. The molecule has 1 aromatic heterocycles. The molecule has 0 aliphatic carbocycles. The fourth-order valence-corrected chi connectivity index (χ4v) is 1.22. The smallest absolute Gasteiger partial charge is 0.142 e. The zero-order valence-electron chi connectivity index (χ0n) is 5.96. The van der Waals surface area contributed by atoms with Crippen LogP contribution >= 0.6 is 0 Å². The van der Waals surface area contributed by atoms with Crippen LogP contribution in [-0.2, 0) is 6.42 Å². The van der Waals surface area contributed by atoms with E-state index in [9.17, 15) is 0 Å². The Kier molecular flexibility index (Phi) is 1.26. The zero-order valence-corrected chi connectivity index (χ0v) is 5.96. The van der Waals surface area contributed by atoms with E-state index >= 15 is 0 Å². The van der Waals surface area contributed by atoms with Crippen molar-refractivity contribution in [2.24, 2.45) is 0 Å². The first-order valence-corrected chi connectivity index (χ1v) is 3.54. The van der Waals surface area contributed by atoms with Crippen LogP contribution in [0.4, 0.5) is 5.82 Å². The SMILES string of the molecule is N#Cc1ccc2c(n1)NCC2. The van der Waals surface area contributed by atoms with Crippen LogP contribution in [0.15, 0.2) is 12.1 Å². The number of pyridine rings is 1. The van der Waals surface area contributed by atoms with E-state index in [2.05, 4.69) is 10.3 Å². The first-order valence-electron chi connectivity index (χ1n) is 3.54. The van der Waals surface area contributed by atoms with E-state index in [1.165, 1.54) is 5.56 Å². The Labute approximate surface area is 64.7 Å². The Bertz CT molecular complexity index is 325. The lowest BCUT2D eigenvalue weighted by molar-refractivity contribution is 1.11. The molecule has 0 amide bonds. The second-order valence-corrected chi connectivity index (χ2v) is 2.49. The summed E-state index contributed by atoms with van der Waals surface area (Å²) in [5.74, 6) is 0.879. The van der Waals surface area contributed by atoms with Gasteiger partial charge in [0.2, 0.25) is 0 Å². The predicted molar refractivity (Wildman–Crippen MR) is 41.1 cm³/mol. The van der Waals surface area contributed by atoms with E-state index in [1.54, 1.807) is 6.07 Å². The molecule has 0 unspecified atom stereocenters. The molecular weight excluding hydrogens is 138 g/mol. The van der Waals surface area contributed by atoms with E-state index in [1.807, 2.05) is 12.1 Å². The second kappa shape index (κ2) is 2.24. The van der Waals surface area contributed by atoms with E-state index in [-0.39, 0.29) is 0 Å². The molecule has 1 aliphatic rings. The summed E-state index contributed by atoms with van der Waals surface area (Å²) in [4.78, 5) is 4.10. The van der Waals surface area contributed by atoms with Crippen molar-refractivity contribution in [3.05, 3.63) is 23.4 Å². The molecule has 11 heavy (non-hydrogen) atoms. The van der Waals surface area contributed by atoms with E-state index in [0.717, 1.165) is 18.8 Å². The topological polar surface area (TPSA) is 48.7 Å². The van der Waals surface area contributed by atoms with E-state index in [4.69, 9.17) is 5.26 Å². The van der Waals surface area contributed by atoms with Crippen LogP contribution in [0, 0.1) is 11.3 Å². The third-order valence-electron chi connectivity index (χ3n) is 1.78. The van der Waals surface area contributed by atoms with Crippen molar-refractivity contribution in [1.29, 1.82) is 5.26 Å². The Hall–Kier alpha value is -1.56. The summed E-state index contributed by atoms with van der Waals surface area (Å²) >= 11 is 0. The maximum Gasteiger partial charge on any atom is 0.142 e. The van der Waals surface area contributed by atoms with Crippen LogP contribution in [-0.4, -0.2) is 11.5 Å². The molecule has 0 atom stereocenters. The molecule has 3 nitrogen and oxygen atoms in total. The maximum atomic E-state index is 8.53. The summed E-state index contributed by atoms with van der Waals surface area (Å²) in [5, 5.41) is 11.6. The molecule has 1 aliphatic heterocycles. The van der Waals surface area contributed by atoms with Crippen LogP contribution in [0.25, 0.3) is 0 Å². The zero-order chi connectivity index (χ0) is 7.68. The number of nitrogens with one attached hydrogen (secondary N) is 1. The Morgan fingerprint density at radius 3 is 3.27 bits per heavy atom. The van der Waals surface area contributed by atoms with Crippen molar-refractivity contribution in [3.63, 3.8) is 0 Å². The number of hydrogen-bond acceptors (Lipinski definition) is 3. The third-order valence-corrected chi connectivity index (χ3v) is 1.78. The minimum absolute atomic E-state index is 0.484. The number of aromatic nitrogens is 1. The number of nitriles is 1. The maximum absolute atomic E-state index is 8.53. The Morgan fingerprint density at radius 2 is 2.45 bits per heavy atom. The third kappa shape index (κ3) is 0.926. The van der Waals surface area contributed by atoms with Gasteiger partial charge in [-0.2, -0.15) is 5.26 Å². The molecule has 0 radical (unpaired) electrons. The molecule has 1 aromatic rings. The quantitative estimate of drug-likeness (QED) is 0.590. The van der Waals surface area contributed by atoms with Gasteiger partial charge in [0.25, 0.3) is 0 Å². The first kappa shape index (κ1) is 6.17. The lowest BCUT2D eigenvalue weighted by Gasteiger charge is -1.96. The van der Waals surface area contributed by atoms with Gasteiger partial charge in [0.15, 0.2) is 0 Å². The fraction of sp³-hybridized carbons (Fsp3) is 0.250. The minimum atomic E-state index is 0.484. The van der Waals surface area contributed by atoms with Gasteiger partial charge in [0.1, 0.15) is 17.6 Å². The number of rotatable bonds is 0. The highest BCUT2D eigenvalue weighted by Crippen LogP contribution is 2.18. The fourth-order valence-electron chi connectivity index (χ4n) is 1.22. The lowest BCUT2D eigenvalue weighted by Crippen LogP contribution is -1.94. The van der Waals surface area contributed by atoms with Crippen molar-refractivity contribution < 1.29 is 0 Å². The highest BCUT2D eigenvalue weighted by Gasteiger charge is 2.10. The largest absolute Gasteiger partial charge is 0.369 e. The van der Waals surface area contributed by atoms with Crippen LogP contribution in [0.3, 0.4) is 0 Å². The Morgan fingerprint density at radius 1 is 1.55 bits per heavy atom. The van der Waals surface area contributed by atoms with Gasteiger partial charge in [-0.1, -0.05) is 6.07 Å². The summed E-state index contributed by atoms with van der Waals surface area (Å²) in [6.45, 7) is 0.942. The molecule has 2 heterocycles. The molecule has 54 valence electrons. The van der Waals surface area contributed by atoms with Crippen LogP contribution in [0.5, 0.6) is 0 Å². The molecule has 0 saturated carbocycles. The van der Waals surface area contributed by atoms with Crippen molar-refractivity contribution in [2.75, 3.05) is 11.9 Å². The monoisotopic (exact) mass is 145 g/mol. The van der Waals surface area contributed by atoms with Crippen molar-refractivity contribution in [3.8, 4) is 6.07 Å². The second-order valence-electron chi connectivity index (χ2n) is 2.49. The average molecular weight is 145 g/mol. The van der Waals surface area contributed by atoms with Crippen molar-refractivity contribution in [2.45, 2.75) is 6.42 Å². The van der Waals surface area contributed by atoms with Gasteiger partial charge in [0.05, 0.1) is 0 Å². The van der Waals surface area contributed by atoms with Crippen molar-refractivity contribution in [1.82, 2.24) is 4.98 Å². The number of fused-ring (bicyclic) bond motifs is 1. The number of nitrogens with zero attached hydrogens (tertiary/aromatic N) is 2. The predicted octanol–water partition coefficient (Wildman–Crippen LogP) is 0.921. The van der Waals surface area contributed by atoms with Crippen molar-refractivity contribution >= 4 is 5.82 Å². The van der Waals surface area contributed by atoms with Gasteiger partial charge in [-0.05, 0) is 18.1 Å². The molecule has 1 N–H and O–H groups in total. The molecule has 0 spiro atoms. The summed E-state index contributed by atoms with van der Waals surface area (Å²) in [6, 6.07) is 5.72. The van der Waals surface area contributed by atoms with Gasteiger partial charge in [-0.3, -0.25) is 0 Å². The van der Waals surface area contributed by atoms with Crippen LogP contribution < -0.4 is 5.32 Å². The standard InChI is InChI=1S/C8H7N3/c9-5-7-2-1-6-3-4-10-8(6)11-7/h1-2H,3-4H2,(H,10,11). The van der Waals surface area contributed by atoms with Crippen LogP contribution in [0.2, 0.25) is 0 Å². The normalized spacial score (nSPS) is 13.4. The summed E-state index contributed by atoms with van der Waals surface area (Å²) in [7, 11) is 0. The molecular formula is C8H7N3. The summed E-state index contributed by atoms with van der Waals surface area (Å²) in [6.07, 6.45) is 1.02. The first-order chi connectivity index (χ1) is 5.40. The lowest BCUT2D eigenvalue weighted by atomic mass is 10.2. The van der Waals surface area contributed by atoms with Gasteiger partial charge in [0, 0.05) is 6.54 Å². The molecule has 2 rings (SSSR count). The molecule has 0 aromatic carbocycles. The van der Waals surface area contributed by atoms with Gasteiger partial charge in [-0.15, -0.1) is 0 Å². The summed E-state index contributed by atoms with van der Waals surface area (Å²) < 4.78 is 0. The van der Waals surface area contributed by atoms with Gasteiger partial charge >= 0.3 is 0 Å². The average Bonchev–Trinajstić information content (AvgIpc) is 2.50. The van der Waals surface area contributed by atoms with E-state index < -0.39 is 0 Å². The van der Waals surface area contributed by atoms with E-state index in [0.29, 0.717) is 5.69 Å². The number of hydrogen-bond donors (Lipinski definition) is 1. The molecule has 3 heteroatoms. The molecule has 0 bridgehead atoms. The molecule has 0 fully saturated rings. The highest BCUT2D eigenvalue weighted by molar-refractivity contribution is 5.50. The van der Waals surface area contributed by atoms with Crippen LogP contribution in [0.1, 0.15) is 11.3 Å². The minimum Gasteiger partial charge on any atom is -0.369 e. The Balaban J connectivity index is 2.51.